The van der Waals surface area contributed by atoms with Gasteiger partial charge in [0.05, 0.1) is 12.2 Å². The van der Waals surface area contributed by atoms with Crippen LogP contribution in [0.25, 0.3) is 0 Å². The van der Waals surface area contributed by atoms with E-state index in [0.717, 1.165) is 16.8 Å². The van der Waals surface area contributed by atoms with Gasteiger partial charge in [0.1, 0.15) is 0 Å². The van der Waals surface area contributed by atoms with E-state index in [-0.39, 0.29) is 11.8 Å². The van der Waals surface area contributed by atoms with E-state index in [2.05, 4.69) is 0 Å². The largest absolute Gasteiger partial charge is 0.311 e. The average Bonchev–Trinajstić information content (AvgIpc) is 3.32. The summed E-state index contributed by atoms with van der Waals surface area (Å²) in [5.41, 5.74) is 4.41. The Morgan fingerprint density at radius 1 is 1.06 bits per heavy atom. The summed E-state index contributed by atoms with van der Waals surface area (Å²) in [6, 6.07) is 22.9. The van der Waals surface area contributed by atoms with Gasteiger partial charge in [-0.25, -0.2) is 0 Å². The standard InChI is InChI=1S/C25H21ClN2O2S/c1-17-7-9-18(10-8-17)16-27-22-12-11-20(26)15-21(22)25(24(27)30)28(13-14-31-25)23(29)19-5-3-2-4-6-19/h2-12,15H,13-14,16H2,1H3. The van der Waals surface area contributed by atoms with E-state index in [9.17, 15) is 9.59 Å². The maximum absolute atomic E-state index is 14.0. The van der Waals surface area contributed by atoms with E-state index >= 15 is 0 Å². The van der Waals surface area contributed by atoms with E-state index in [4.69, 9.17) is 11.6 Å². The quantitative estimate of drug-likeness (QED) is 0.550. The van der Waals surface area contributed by atoms with E-state index in [1.54, 1.807) is 28.0 Å². The van der Waals surface area contributed by atoms with Crippen molar-refractivity contribution < 1.29 is 9.59 Å². The molecule has 1 saturated heterocycles. The number of nitrogens with zero attached hydrogens (tertiary/aromatic N) is 2. The first-order valence-corrected chi connectivity index (χ1v) is 11.6. The van der Waals surface area contributed by atoms with Crippen LogP contribution >= 0.6 is 23.4 Å². The van der Waals surface area contributed by atoms with Crippen LogP contribution in [0.5, 0.6) is 0 Å². The molecule has 3 aromatic carbocycles. The number of aryl methyl sites for hydroxylation is 1. The van der Waals surface area contributed by atoms with Gasteiger partial charge in [-0.15, -0.1) is 11.8 Å². The molecule has 1 fully saturated rings. The van der Waals surface area contributed by atoms with Crippen molar-refractivity contribution in [2.45, 2.75) is 18.3 Å². The van der Waals surface area contributed by atoms with Gasteiger partial charge in [-0.2, -0.15) is 0 Å². The molecule has 2 heterocycles. The van der Waals surface area contributed by atoms with Crippen molar-refractivity contribution in [2.24, 2.45) is 0 Å². The molecule has 1 unspecified atom stereocenters. The summed E-state index contributed by atoms with van der Waals surface area (Å²) in [5, 5.41) is 0.558. The second kappa shape index (κ2) is 7.74. The Bertz CT molecular complexity index is 1170. The van der Waals surface area contributed by atoms with Crippen molar-refractivity contribution in [3.63, 3.8) is 0 Å². The van der Waals surface area contributed by atoms with Crippen LogP contribution in [0, 0.1) is 6.92 Å². The van der Waals surface area contributed by atoms with Crippen molar-refractivity contribution >= 4 is 40.9 Å². The third kappa shape index (κ3) is 3.24. The van der Waals surface area contributed by atoms with Gasteiger partial charge in [-0.05, 0) is 42.8 Å². The van der Waals surface area contributed by atoms with E-state index in [1.165, 1.54) is 17.3 Å². The van der Waals surface area contributed by atoms with Crippen LogP contribution in [0.3, 0.4) is 0 Å². The first-order valence-electron chi connectivity index (χ1n) is 10.2. The van der Waals surface area contributed by atoms with Gasteiger partial charge >= 0.3 is 0 Å². The smallest absolute Gasteiger partial charge is 0.268 e. The maximum atomic E-state index is 14.0. The average molecular weight is 449 g/mol. The summed E-state index contributed by atoms with van der Waals surface area (Å²) in [4.78, 5) is 29.9. The van der Waals surface area contributed by atoms with Gasteiger partial charge in [-0.3, -0.25) is 9.59 Å². The first kappa shape index (κ1) is 20.2. The number of hydrogen-bond donors (Lipinski definition) is 0. The number of carbonyl (C=O) groups is 2. The summed E-state index contributed by atoms with van der Waals surface area (Å²) < 4.78 is 0. The number of halogens is 1. The van der Waals surface area contributed by atoms with E-state index in [0.29, 0.717) is 29.4 Å². The molecule has 1 atom stereocenters. The Labute approximate surface area is 190 Å². The zero-order valence-corrected chi connectivity index (χ0v) is 18.6. The van der Waals surface area contributed by atoms with Crippen molar-refractivity contribution in [1.29, 1.82) is 0 Å². The van der Waals surface area contributed by atoms with Crippen LogP contribution in [0.1, 0.15) is 27.0 Å². The van der Waals surface area contributed by atoms with Crippen molar-refractivity contribution in [3.05, 3.63) is 100 Å². The fraction of sp³-hybridized carbons (Fsp3) is 0.200. The molecule has 0 bridgehead atoms. The number of hydrogen-bond acceptors (Lipinski definition) is 3. The third-order valence-electron chi connectivity index (χ3n) is 5.88. The molecular formula is C25H21ClN2O2S. The minimum atomic E-state index is -1.09. The van der Waals surface area contributed by atoms with Crippen LogP contribution in [0.4, 0.5) is 5.69 Å². The predicted molar refractivity (Wildman–Crippen MR) is 125 cm³/mol. The first-order chi connectivity index (χ1) is 15.0. The lowest BCUT2D eigenvalue weighted by atomic mass is 10.0. The number of carbonyl (C=O) groups excluding carboxylic acids is 2. The van der Waals surface area contributed by atoms with Crippen LogP contribution in [-0.2, 0) is 16.2 Å². The molecule has 2 aliphatic heterocycles. The van der Waals surface area contributed by atoms with Gasteiger partial charge in [0, 0.05) is 28.4 Å². The zero-order valence-electron chi connectivity index (χ0n) is 17.0. The number of thioether (sulfide) groups is 1. The molecule has 0 N–H and O–H groups in total. The molecule has 3 aromatic rings. The predicted octanol–water partition coefficient (Wildman–Crippen LogP) is 5.24. The molecule has 0 radical (unpaired) electrons. The SMILES string of the molecule is Cc1ccc(CN2C(=O)C3(SCCN3C(=O)c3ccccc3)c3cc(Cl)ccc32)cc1. The highest BCUT2D eigenvalue weighted by atomic mass is 35.5. The molecule has 5 rings (SSSR count). The monoisotopic (exact) mass is 448 g/mol. The number of benzene rings is 3. The summed E-state index contributed by atoms with van der Waals surface area (Å²) in [5.74, 6) is 0.466. The molecule has 6 heteroatoms. The van der Waals surface area contributed by atoms with Gasteiger partial charge < -0.3 is 9.80 Å². The molecule has 0 saturated carbocycles. The van der Waals surface area contributed by atoms with Gasteiger partial charge in [-0.1, -0.05) is 59.6 Å². The van der Waals surface area contributed by atoms with Crippen molar-refractivity contribution in [3.8, 4) is 0 Å². The molecule has 2 amide bonds. The summed E-state index contributed by atoms with van der Waals surface area (Å²) in [6.45, 7) is 3.00. The summed E-state index contributed by atoms with van der Waals surface area (Å²) >= 11 is 7.87. The van der Waals surface area contributed by atoms with Gasteiger partial charge in [0.2, 0.25) is 0 Å². The highest BCUT2D eigenvalue weighted by molar-refractivity contribution is 8.01. The number of rotatable bonds is 3. The van der Waals surface area contributed by atoms with E-state index < -0.39 is 4.87 Å². The molecular weight excluding hydrogens is 428 g/mol. The molecule has 1 spiro atoms. The zero-order chi connectivity index (χ0) is 21.6. The fourth-order valence-electron chi connectivity index (χ4n) is 4.36. The minimum Gasteiger partial charge on any atom is -0.311 e. The van der Waals surface area contributed by atoms with Crippen LogP contribution < -0.4 is 4.90 Å². The Balaban J connectivity index is 1.60. The lowest BCUT2D eigenvalue weighted by Crippen LogP contribution is -2.50. The van der Waals surface area contributed by atoms with Gasteiger partial charge in [0.15, 0.2) is 4.87 Å². The second-order valence-corrected chi connectivity index (χ2v) is 9.58. The lowest BCUT2D eigenvalue weighted by Gasteiger charge is -2.33. The normalized spacial score (nSPS) is 19.9. The highest BCUT2D eigenvalue weighted by Crippen LogP contribution is 2.55. The van der Waals surface area contributed by atoms with Crippen molar-refractivity contribution in [1.82, 2.24) is 4.90 Å². The Morgan fingerprint density at radius 3 is 2.55 bits per heavy atom. The number of fused-ring (bicyclic) bond motifs is 2. The highest BCUT2D eigenvalue weighted by Gasteiger charge is 2.59. The Hall–Kier alpha value is -2.76. The van der Waals surface area contributed by atoms with Crippen LogP contribution in [0.15, 0.2) is 72.8 Å². The second-order valence-electron chi connectivity index (χ2n) is 7.85. The summed E-state index contributed by atoms with van der Waals surface area (Å²) in [6.07, 6.45) is 0. The van der Waals surface area contributed by atoms with Crippen LogP contribution in [0.2, 0.25) is 5.02 Å². The number of amides is 2. The van der Waals surface area contributed by atoms with E-state index in [1.807, 2.05) is 61.5 Å². The minimum absolute atomic E-state index is 0.0860. The molecule has 0 aromatic heterocycles. The molecule has 156 valence electrons. The topological polar surface area (TPSA) is 40.6 Å². The molecule has 2 aliphatic rings. The Kier molecular flexibility index (Phi) is 5.03. The fourth-order valence-corrected chi connectivity index (χ4v) is 5.98. The maximum Gasteiger partial charge on any atom is 0.268 e. The third-order valence-corrected chi connectivity index (χ3v) is 7.54. The summed E-state index contributed by atoms with van der Waals surface area (Å²) in [7, 11) is 0. The number of anilines is 1. The Morgan fingerprint density at radius 2 is 1.81 bits per heavy atom. The molecule has 31 heavy (non-hydrogen) atoms. The van der Waals surface area contributed by atoms with Gasteiger partial charge in [0.25, 0.3) is 11.8 Å². The lowest BCUT2D eigenvalue weighted by molar-refractivity contribution is -0.123. The van der Waals surface area contributed by atoms with Crippen LogP contribution in [-0.4, -0.2) is 29.0 Å². The molecule has 0 aliphatic carbocycles. The van der Waals surface area contributed by atoms with Crippen molar-refractivity contribution in [2.75, 3.05) is 17.2 Å². The molecule has 4 nitrogen and oxygen atoms in total.